The van der Waals surface area contributed by atoms with E-state index in [2.05, 4.69) is 0 Å². The Labute approximate surface area is 117 Å². The van der Waals surface area contributed by atoms with Gasteiger partial charge < -0.3 is 14.7 Å². The SMILES string of the molecule is CCCN(CC(=O)OCC)C(=O)c1ccc(F)cc1O. The molecule has 0 aliphatic heterocycles. The molecule has 0 spiro atoms. The summed E-state index contributed by atoms with van der Waals surface area (Å²) in [5.41, 5.74) is -0.0378. The molecule has 0 saturated carbocycles. The zero-order chi connectivity index (χ0) is 15.1. The second-order valence-electron chi connectivity index (χ2n) is 4.19. The van der Waals surface area contributed by atoms with Gasteiger partial charge in [0, 0.05) is 12.6 Å². The Morgan fingerprint density at radius 1 is 1.35 bits per heavy atom. The summed E-state index contributed by atoms with van der Waals surface area (Å²) in [7, 11) is 0. The summed E-state index contributed by atoms with van der Waals surface area (Å²) in [5, 5.41) is 9.61. The van der Waals surface area contributed by atoms with Gasteiger partial charge >= 0.3 is 5.97 Å². The van der Waals surface area contributed by atoms with Crippen LogP contribution in [0, 0.1) is 5.82 Å². The smallest absolute Gasteiger partial charge is 0.325 e. The van der Waals surface area contributed by atoms with Crippen LogP contribution in [-0.4, -0.2) is 41.6 Å². The van der Waals surface area contributed by atoms with Crippen molar-refractivity contribution in [1.82, 2.24) is 4.90 Å². The summed E-state index contributed by atoms with van der Waals surface area (Å²) in [6, 6.07) is 3.14. The number of nitrogens with zero attached hydrogens (tertiary/aromatic N) is 1. The summed E-state index contributed by atoms with van der Waals surface area (Å²) in [4.78, 5) is 25.0. The fourth-order valence-electron chi connectivity index (χ4n) is 1.74. The lowest BCUT2D eigenvalue weighted by Gasteiger charge is -2.21. The van der Waals surface area contributed by atoms with Crippen LogP contribution in [0.3, 0.4) is 0 Å². The molecule has 1 aromatic carbocycles. The van der Waals surface area contributed by atoms with Gasteiger partial charge in [-0.25, -0.2) is 4.39 Å². The minimum absolute atomic E-state index is 0.0378. The molecule has 0 unspecified atom stereocenters. The van der Waals surface area contributed by atoms with Crippen molar-refractivity contribution < 1.29 is 23.8 Å². The highest BCUT2D eigenvalue weighted by molar-refractivity contribution is 5.98. The van der Waals surface area contributed by atoms with Crippen LogP contribution in [0.25, 0.3) is 0 Å². The van der Waals surface area contributed by atoms with Crippen molar-refractivity contribution in [2.75, 3.05) is 19.7 Å². The monoisotopic (exact) mass is 283 g/mol. The Morgan fingerprint density at radius 3 is 2.60 bits per heavy atom. The Balaban J connectivity index is 2.90. The van der Waals surface area contributed by atoms with Crippen molar-refractivity contribution >= 4 is 11.9 Å². The Kier molecular flexibility index (Phi) is 5.96. The number of phenolic OH excluding ortho intramolecular Hbond substituents is 1. The minimum atomic E-state index is -0.633. The molecule has 0 heterocycles. The van der Waals surface area contributed by atoms with Crippen LogP contribution in [0.4, 0.5) is 4.39 Å². The third-order valence-electron chi connectivity index (χ3n) is 2.60. The van der Waals surface area contributed by atoms with Crippen LogP contribution >= 0.6 is 0 Å². The van der Waals surface area contributed by atoms with Crippen molar-refractivity contribution in [2.45, 2.75) is 20.3 Å². The zero-order valence-corrected chi connectivity index (χ0v) is 11.6. The first-order valence-corrected chi connectivity index (χ1v) is 6.43. The predicted molar refractivity (Wildman–Crippen MR) is 70.9 cm³/mol. The lowest BCUT2D eigenvalue weighted by Crippen LogP contribution is -2.37. The molecule has 1 N–H and O–H groups in total. The number of aromatic hydroxyl groups is 1. The lowest BCUT2D eigenvalue weighted by atomic mass is 10.1. The van der Waals surface area contributed by atoms with E-state index in [0.717, 1.165) is 12.1 Å². The maximum absolute atomic E-state index is 12.9. The molecule has 0 aliphatic carbocycles. The largest absolute Gasteiger partial charge is 0.507 e. The molecule has 1 amide bonds. The maximum Gasteiger partial charge on any atom is 0.325 e. The molecule has 0 aliphatic rings. The third kappa shape index (κ3) is 4.22. The standard InChI is InChI=1S/C14H18FNO4/c1-3-7-16(9-13(18)20-4-2)14(19)11-6-5-10(15)8-12(11)17/h5-6,8,17H,3-4,7,9H2,1-2H3. The molecule has 1 rings (SSSR count). The van der Waals surface area contributed by atoms with E-state index >= 15 is 0 Å². The van der Waals surface area contributed by atoms with Gasteiger partial charge in [-0.15, -0.1) is 0 Å². The van der Waals surface area contributed by atoms with Gasteiger partial charge in [0.15, 0.2) is 0 Å². The first-order valence-electron chi connectivity index (χ1n) is 6.43. The fraction of sp³-hybridized carbons (Fsp3) is 0.429. The van der Waals surface area contributed by atoms with Crippen molar-refractivity contribution in [3.8, 4) is 5.75 Å². The molecule has 0 fully saturated rings. The van der Waals surface area contributed by atoms with E-state index in [1.807, 2.05) is 6.92 Å². The van der Waals surface area contributed by atoms with Gasteiger partial charge in [-0.1, -0.05) is 6.92 Å². The van der Waals surface area contributed by atoms with Gasteiger partial charge in [0.1, 0.15) is 18.1 Å². The quantitative estimate of drug-likeness (QED) is 0.810. The van der Waals surface area contributed by atoms with Crippen molar-refractivity contribution in [1.29, 1.82) is 0 Å². The van der Waals surface area contributed by atoms with E-state index in [-0.39, 0.29) is 18.7 Å². The zero-order valence-electron chi connectivity index (χ0n) is 11.6. The Morgan fingerprint density at radius 2 is 2.05 bits per heavy atom. The van der Waals surface area contributed by atoms with Gasteiger partial charge in [-0.05, 0) is 25.5 Å². The van der Waals surface area contributed by atoms with Crippen molar-refractivity contribution in [3.05, 3.63) is 29.6 Å². The number of halogens is 1. The van der Waals surface area contributed by atoms with E-state index in [9.17, 15) is 19.1 Å². The minimum Gasteiger partial charge on any atom is -0.507 e. The van der Waals surface area contributed by atoms with Gasteiger partial charge in [0.2, 0.25) is 0 Å². The number of benzene rings is 1. The maximum atomic E-state index is 12.9. The summed E-state index contributed by atoms with van der Waals surface area (Å²) < 4.78 is 17.7. The first kappa shape index (κ1) is 15.9. The molecule has 20 heavy (non-hydrogen) atoms. The van der Waals surface area contributed by atoms with Crippen LogP contribution in [0.1, 0.15) is 30.6 Å². The van der Waals surface area contributed by atoms with Crippen LogP contribution in [-0.2, 0) is 9.53 Å². The second kappa shape index (κ2) is 7.47. The normalized spacial score (nSPS) is 10.2. The highest BCUT2D eigenvalue weighted by atomic mass is 19.1. The molecule has 110 valence electrons. The number of esters is 1. The summed E-state index contributed by atoms with van der Waals surface area (Å²) in [5.74, 6) is -2.13. The van der Waals surface area contributed by atoms with Gasteiger partial charge in [0.05, 0.1) is 12.2 Å². The van der Waals surface area contributed by atoms with Crippen LogP contribution in [0.15, 0.2) is 18.2 Å². The topological polar surface area (TPSA) is 66.8 Å². The average molecular weight is 283 g/mol. The van der Waals surface area contributed by atoms with Crippen molar-refractivity contribution in [2.24, 2.45) is 0 Å². The lowest BCUT2D eigenvalue weighted by molar-refractivity contribution is -0.143. The Bertz CT molecular complexity index is 490. The van der Waals surface area contributed by atoms with E-state index in [4.69, 9.17) is 4.74 Å². The molecule has 0 aromatic heterocycles. The molecular formula is C14H18FNO4. The third-order valence-corrected chi connectivity index (χ3v) is 2.60. The van der Waals surface area contributed by atoms with Crippen LogP contribution in [0.5, 0.6) is 5.75 Å². The summed E-state index contributed by atoms with van der Waals surface area (Å²) >= 11 is 0. The molecular weight excluding hydrogens is 265 g/mol. The average Bonchev–Trinajstić information content (AvgIpc) is 2.38. The number of phenols is 1. The molecule has 6 heteroatoms. The van der Waals surface area contributed by atoms with Gasteiger partial charge in [-0.2, -0.15) is 0 Å². The van der Waals surface area contributed by atoms with Crippen LogP contribution in [0.2, 0.25) is 0 Å². The number of carbonyl (C=O) groups is 2. The number of hydrogen-bond donors (Lipinski definition) is 1. The number of amides is 1. The second-order valence-corrected chi connectivity index (χ2v) is 4.19. The molecule has 0 saturated heterocycles. The predicted octanol–water partition coefficient (Wildman–Crippen LogP) is 1.95. The van der Waals surface area contributed by atoms with E-state index in [0.29, 0.717) is 13.0 Å². The van der Waals surface area contributed by atoms with Gasteiger partial charge in [-0.3, -0.25) is 9.59 Å². The first-order chi connectivity index (χ1) is 9.49. The number of rotatable bonds is 6. The van der Waals surface area contributed by atoms with E-state index in [1.54, 1.807) is 6.92 Å². The van der Waals surface area contributed by atoms with E-state index in [1.165, 1.54) is 11.0 Å². The highest BCUT2D eigenvalue weighted by Gasteiger charge is 2.21. The number of hydrogen-bond acceptors (Lipinski definition) is 4. The molecule has 0 bridgehead atoms. The molecule has 5 nitrogen and oxygen atoms in total. The number of carbonyl (C=O) groups excluding carboxylic acids is 2. The molecule has 1 aromatic rings. The highest BCUT2D eigenvalue weighted by Crippen LogP contribution is 2.20. The van der Waals surface area contributed by atoms with Crippen LogP contribution < -0.4 is 0 Å². The van der Waals surface area contributed by atoms with Gasteiger partial charge in [0.25, 0.3) is 5.91 Å². The molecule has 0 radical (unpaired) electrons. The number of ether oxygens (including phenoxy) is 1. The summed E-state index contributed by atoms with van der Waals surface area (Å²) in [6.45, 7) is 3.91. The fourth-order valence-corrected chi connectivity index (χ4v) is 1.74. The molecule has 0 atom stereocenters. The van der Waals surface area contributed by atoms with E-state index < -0.39 is 23.4 Å². The van der Waals surface area contributed by atoms with Crippen molar-refractivity contribution in [3.63, 3.8) is 0 Å². The Hall–Kier alpha value is -2.11. The summed E-state index contributed by atoms with van der Waals surface area (Å²) in [6.07, 6.45) is 0.646.